The van der Waals surface area contributed by atoms with Crippen LogP contribution < -0.4 is 5.32 Å². The molecule has 5 nitrogen and oxygen atoms in total. The van der Waals surface area contributed by atoms with E-state index in [9.17, 15) is 13.2 Å². The van der Waals surface area contributed by atoms with Crippen molar-refractivity contribution < 1.29 is 17.6 Å². The van der Waals surface area contributed by atoms with Crippen LogP contribution in [0.15, 0.2) is 40.8 Å². The molecule has 6 heteroatoms. The van der Waals surface area contributed by atoms with Crippen LogP contribution in [0.1, 0.15) is 41.3 Å². The molecule has 0 fully saturated rings. The highest BCUT2D eigenvalue weighted by Crippen LogP contribution is 2.16. The first kappa shape index (κ1) is 17.3. The second-order valence-corrected chi connectivity index (χ2v) is 7.98. The fraction of sp³-hybridized carbons (Fsp3) is 0.353. The molecule has 0 aliphatic heterocycles. The van der Waals surface area contributed by atoms with Gasteiger partial charge in [-0.25, -0.2) is 8.42 Å². The minimum absolute atomic E-state index is 0.0127. The second kappa shape index (κ2) is 7.00. The Balaban J connectivity index is 2.04. The van der Waals surface area contributed by atoms with Crippen molar-refractivity contribution >= 4 is 15.7 Å². The molecule has 1 aromatic heterocycles. The molecule has 0 saturated carbocycles. The third-order valence-electron chi connectivity index (χ3n) is 3.17. The lowest BCUT2D eigenvalue weighted by atomic mass is 10.2. The third-order valence-corrected chi connectivity index (χ3v) is 4.67. The zero-order chi connectivity index (χ0) is 17.0. The van der Waals surface area contributed by atoms with Gasteiger partial charge < -0.3 is 9.73 Å². The van der Waals surface area contributed by atoms with Crippen molar-refractivity contribution in [3.8, 4) is 0 Å². The minimum atomic E-state index is -3.36. The average molecular weight is 335 g/mol. The molecule has 0 atom stereocenters. The van der Waals surface area contributed by atoms with Crippen LogP contribution in [0.3, 0.4) is 0 Å². The van der Waals surface area contributed by atoms with Gasteiger partial charge in [-0.05, 0) is 38.5 Å². The molecule has 1 amide bonds. The van der Waals surface area contributed by atoms with Crippen LogP contribution in [0.4, 0.5) is 0 Å². The Morgan fingerprint density at radius 3 is 2.35 bits per heavy atom. The molecular formula is C17H21NO4S. The van der Waals surface area contributed by atoms with Gasteiger partial charge in [0.15, 0.2) is 15.6 Å². The normalized spacial score (nSPS) is 11.7. The first-order valence-electron chi connectivity index (χ1n) is 7.41. The summed E-state index contributed by atoms with van der Waals surface area (Å²) in [6.45, 7) is 5.63. The monoisotopic (exact) mass is 335 g/mol. The largest absolute Gasteiger partial charge is 0.455 e. The first-order valence-corrected chi connectivity index (χ1v) is 9.23. The number of carbonyl (C=O) groups excluding carboxylic acids is 1. The van der Waals surface area contributed by atoms with E-state index in [2.05, 4.69) is 5.32 Å². The Hall–Kier alpha value is -2.08. The molecular weight excluding hydrogens is 314 g/mol. The molecule has 0 bridgehead atoms. The molecule has 0 aliphatic rings. The summed E-state index contributed by atoms with van der Waals surface area (Å²) in [5.74, 6) is -0.232. The van der Waals surface area contributed by atoms with Crippen molar-refractivity contribution in [2.75, 3.05) is 0 Å². The van der Waals surface area contributed by atoms with E-state index in [4.69, 9.17) is 4.42 Å². The maximum atomic E-state index is 12.3. The van der Waals surface area contributed by atoms with Gasteiger partial charge in [-0.15, -0.1) is 0 Å². The number of hydrogen-bond donors (Lipinski definition) is 1. The van der Waals surface area contributed by atoms with Crippen molar-refractivity contribution in [3.63, 3.8) is 0 Å². The van der Waals surface area contributed by atoms with E-state index in [1.807, 2.05) is 32.9 Å². The van der Waals surface area contributed by atoms with E-state index in [0.29, 0.717) is 0 Å². The summed E-state index contributed by atoms with van der Waals surface area (Å²) in [4.78, 5) is 11.8. The molecule has 0 radical (unpaired) electrons. The number of rotatable bonds is 6. The number of nitrogens with one attached hydrogen (secondary N) is 1. The van der Waals surface area contributed by atoms with Gasteiger partial charge in [0.25, 0.3) is 5.91 Å². The Kier molecular flexibility index (Phi) is 5.26. The Morgan fingerprint density at radius 2 is 1.74 bits per heavy atom. The van der Waals surface area contributed by atoms with Crippen molar-refractivity contribution in [1.29, 1.82) is 0 Å². The maximum absolute atomic E-state index is 12.3. The number of hydrogen-bond acceptors (Lipinski definition) is 4. The van der Waals surface area contributed by atoms with Gasteiger partial charge in [-0.2, -0.15) is 0 Å². The van der Waals surface area contributed by atoms with Gasteiger partial charge in [-0.3, -0.25) is 4.79 Å². The van der Waals surface area contributed by atoms with Crippen molar-refractivity contribution in [3.05, 3.63) is 59.0 Å². The van der Waals surface area contributed by atoms with E-state index in [-0.39, 0.29) is 35.0 Å². The van der Waals surface area contributed by atoms with Gasteiger partial charge in [0.05, 0.1) is 5.75 Å². The van der Waals surface area contributed by atoms with Gasteiger partial charge in [0.2, 0.25) is 0 Å². The van der Waals surface area contributed by atoms with E-state index in [0.717, 1.165) is 11.1 Å². The summed E-state index contributed by atoms with van der Waals surface area (Å²) in [7, 11) is -3.36. The van der Waals surface area contributed by atoms with Crippen molar-refractivity contribution in [2.24, 2.45) is 0 Å². The number of amides is 1. The Bertz CT molecular complexity index is 773. The predicted octanol–water partition coefficient (Wildman–Crippen LogP) is 2.84. The summed E-state index contributed by atoms with van der Waals surface area (Å²) in [6, 6.07) is 10.4. The van der Waals surface area contributed by atoms with Gasteiger partial charge in [0, 0.05) is 6.04 Å². The van der Waals surface area contributed by atoms with Crippen LogP contribution in [0.5, 0.6) is 0 Å². The highest BCUT2D eigenvalue weighted by Gasteiger charge is 2.18. The standard InChI is InChI=1S/C17H21NO4S/c1-12(2)18-17(19)16-9-8-15(22-16)11-23(20,21)10-14-6-4-13(3)5-7-14/h4-9,12H,10-11H2,1-3H3,(H,18,19). The van der Waals surface area contributed by atoms with Crippen LogP contribution in [0.25, 0.3) is 0 Å². The lowest BCUT2D eigenvalue weighted by Crippen LogP contribution is -2.29. The van der Waals surface area contributed by atoms with Gasteiger partial charge >= 0.3 is 0 Å². The fourth-order valence-electron chi connectivity index (χ4n) is 2.12. The minimum Gasteiger partial charge on any atom is -0.455 e. The molecule has 0 spiro atoms. The SMILES string of the molecule is Cc1ccc(CS(=O)(=O)Cc2ccc(C(=O)NC(C)C)o2)cc1. The molecule has 1 heterocycles. The topological polar surface area (TPSA) is 76.4 Å². The molecule has 0 unspecified atom stereocenters. The number of sulfone groups is 1. The van der Waals surface area contributed by atoms with Crippen molar-refractivity contribution in [2.45, 2.75) is 38.3 Å². The summed E-state index contributed by atoms with van der Waals surface area (Å²) < 4.78 is 29.8. The number of aryl methyl sites for hydroxylation is 1. The fourth-order valence-corrected chi connectivity index (χ4v) is 3.51. The zero-order valence-electron chi connectivity index (χ0n) is 13.5. The summed E-state index contributed by atoms with van der Waals surface area (Å²) in [5, 5.41) is 2.70. The number of carbonyl (C=O) groups is 1. The maximum Gasteiger partial charge on any atom is 0.287 e. The van der Waals surface area contributed by atoms with E-state index >= 15 is 0 Å². The number of benzene rings is 1. The molecule has 2 rings (SSSR count). The van der Waals surface area contributed by atoms with Crippen LogP contribution >= 0.6 is 0 Å². The first-order chi connectivity index (χ1) is 10.7. The highest BCUT2D eigenvalue weighted by atomic mass is 32.2. The Labute approximate surface area is 136 Å². The molecule has 1 aromatic carbocycles. The Morgan fingerprint density at radius 1 is 1.09 bits per heavy atom. The molecule has 23 heavy (non-hydrogen) atoms. The zero-order valence-corrected chi connectivity index (χ0v) is 14.3. The van der Waals surface area contributed by atoms with Gasteiger partial charge in [0.1, 0.15) is 11.5 Å². The average Bonchev–Trinajstić information content (AvgIpc) is 2.88. The molecule has 0 aliphatic carbocycles. The van der Waals surface area contributed by atoms with E-state index in [1.54, 1.807) is 12.1 Å². The van der Waals surface area contributed by atoms with Crippen LogP contribution in [0.2, 0.25) is 0 Å². The molecule has 1 N–H and O–H groups in total. The van der Waals surface area contributed by atoms with Crippen LogP contribution in [0, 0.1) is 6.92 Å². The molecule has 0 saturated heterocycles. The van der Waals surface area contributed by atoms with Crippen LogP contribution in [-0.2, 0) is 21.3 Å². The highest BCUT2D eigenvalue weighted by molar-refractivity contribution is 7.89. The quantitative estimate of drug-likeness (QED) is 0.880. The third kappa shape index (κ3) is 5.25. The van der Waals surface area contributed by atoms with Gasteiger partial charge in [-0.1, -0.05) is 29.8 Å². The lowest BCUT2D eigenvalue weighted by Gasteiger charge is -2.06. The van der Waals surface area contributed by atoms with Crippen LogP contribution in [-0.4, -0.2) is 20.4 Å². The smallest absolute Gasteiger partial charge is 0.287 e. The van der Waals surface area contributed by atoms with Crippen molar-refractivity contribution in [1.82, 2.24) is 5.32 Å². The second-order valence-electron chi connectivity index (χ2n) is 5.91. The predicted molar refractivity (Wildman–Crippen MR) is 88.8 cm³/mol. The summed E-state index contributed by atoms with van der Waals surface area (Å²) in [5.41, 5.74) is 1.82. The summed E-state index contributed by atoms with van der Waals surface area (Å²) in [6.07, 6.45) is 0. The lowest BCUT2D eigenvalue weighted by molar-refractivity contribution is 0.0913. The summed E-state index contributed by atoms with van der Waals surface area (Å²) >= 11 is 0. The molecule has 124 valence electrons. The van der Waals surface area contributed by atoms with E-state index in [1.165, 1.54) is 12.1 Å². The number of furan rings is 1. The van der Waals surface area contributed by atoms with E-state index < -0.39 is 9.84 Å². The molecule has 2 aromatic rings.